The Kier molecular flexibility index (Phi) is 4.56. The van der Waals surface area contributed by atoms with E-state index in [0.29, 0.717) is 12.1 Å². The van der Waals surface area contributed by atoms with E-state index in [4.69, 9.17) is 4.98 Å². The van der Waals surface area contributed by atoms with Crippen LogP contribution in [0.5, 0.6) is 0 Å². The molecule has 21 heavy (non-hydrogen) atoms. The summed E-state index contributed by atoms with van der Waals surface area (Å²) in [5.74, 6) is 2.84. The summed E-state index contributed by atoms with van der Waals surface area (Å²) in [5, 5.41) is 3.77. The summed E-state index contributed by atoms with van der Waals surface area (Å²) >= 11 is 0. The van der Waals surface area contributed by atoms with Crippen molar-refractivity contribution in [3.05, 3.63) is 11.9 Å². The summed E-state index contributed by atoms with van der Waals surface area (Å²) in [6.45, 7) is 6.92. The van der Waals surface area contributed by atoms with Crippen LogP contribution in [0.2, 0.25) is 0 Å². The molecular formula is C18H31N3. The van der Waals surface area contributed by atoms with Gasteiger partial charge in [0.25, 0.3) is 0 Å². The van der Waals surface area contributed by atoms with Gasteiger partial charge in [-0.2, -0.15) is 0 Å². The molecule has 0 aliphatic heterocycles. The van der Waals surface area contributed by atoms with Gasteiger partial charge in [-0.1, -0.05) is 33.1 Å². The van der Waals surface area contributed by atoms with Gasteiger partial charge >= 0.3 is 0 Å². The number of nitrogens with zero attached hydrogens (tertiary/aromatic N) is 2. The van der Waals surface area contributed by atoms with Gasteiger partial charge in [-0.15, -0.1) is 0 Å². The number of aromatic nitrogens is 2. The molecule has 1 aromatic rings. The van der Waals surface area contributed by atoms with Crippen molar-refractivity contribution in [1.29, 1.82) is 0 Å². The molecule has 3 rings (SSSR count). The second kappa shape index (κ2) is 6.41. The molecule has 1 N–H and O–H groups in total. The van der Waals surface area contributed by atoms with E-state index in [9.17, 15) is 0 Å². The van der Waals surface area contributed by atoms with Crippen molar-refractivity contribution in [3.8, 4) is 0 Å². The average molecular weight is 289 g/mol. The molecule has 2 fully saturated rings. The predicted octanol–water partition coefficient (Wildman–Crippen LogP) is 4.93. The van der Waals surface area contributed by atoms with E-state index in [1.165, 1.54) is 51.4 Å². The van der Waals surface area contributed by atoms with Crippen molar-refractivity contribution < 1.29 is 0 Å². The zero-order valence-electron chi connectivity index (χ0n) is 13.9. The summed E-state index contributed by atoms with van der Waals surface area (Å²) < 4.78 is 2.44. The molecule has 1 aromatic heterocycles. The van der Waals surface area contributed by atoms with Crippen LogP contribution in [0.1, 0.15) is 76.9 Å². The molecule has 3 heteroatoms. The number of hydrogen-bond donors (Lipinski definition) is 1. The van der Waals surface area contributed by atoms with Gasteiger partial charge in [0, 0.05) is 18.3 Å². The van der Waals surface area contributed by atoms with Crippen LogP contribution in [0.15, 0.2) is 6.20 Å². The molecule has 0 radical (unpaired) electrons. The predicted molar refractivity (Wildman–Crippen MR) is 88.7 cm³/mol. The van der Waals surface area contributed by atoms with E-state index in [0.717, 1.165) is 23.5 Å². The quantitative estimate of drug-likeness (QED) is 0.854. The third-order valence-electron chi connectivity index (χ3n) is 5.75. The van der Waals surface area contributed by atoms with Gasteiger partial charge in [-0.25, -0.2) is 4.98 Å². The lowest BCUT2D eigenvalue weighted by molar-refractivity contribution is 0.259. The molecule has 0 aromatic carbocycles. The second-order valence-electron chi connectivity index (χ2n) is 7.51. The first-order chi connectivity index (χ1) is 10.1. The Morgan fingerprint density at radius 1 is 1.05 bits per heavy atom. The van der Waals surface area contributed by atoms with Crippen LogP contribution in [0.4, 0.5) is 5.95 Å². The fraction of sp³-hybridized carbons (Fsp3) is 0.833. The smallest absolute Gasteiger partial charge is 0.203 e. The highest BCUT2D eigenvalue weighted by molar-refractivity contribution is 5.31. The molecule has 0 amide bonds. The zero-order chi connectivity index (χ0) is 14.8. The Hall–Kier alpha value is -0.990. The molecule has 3 unspecified atom stereocenters. The van der Waals surface area contributed by atoms with Crippen molar-refractivity contribution >= 4 is 5.95 Å². The largest absolute Gasteiger partial charge is 0.353 e. The first-order valence-electron chi connectivity index (χ1n) is 8.95. The molecule has 1 heterocycles. The minimum Gasteiger partial charge on any atom is -0.353 e. The van der Waals surface area contributed by atoms with E-state index in [1.54, 1.807) is 0 Å². The molecule has 0 spiro atoms. The average Bonchev–Trinajstić information content (AvgIpc) is 2.85. The van der Waals surface area contributed by atoms with Crippen LogP contribution in [-0.4, -0.2) is 15.6 Å². The van der Waals surface area contributed by atoms with E-state index in [1.807, 2.05) is 0 Å². The van der Waals surface area contributed by atoms with Crippen LogP contribution in [0, 0.1) is 18.8 Å². The Morgan fingerprint density at radius 3 is 2.52 bits per heavy atom. The summed E-state index contributed by atoms with van der Waals surface area (Å²) in [6.07, 6.45) is 13.0. The van der Waals surface area contributed by atoms with E-state index >= 15 is 0 Å². The van der Waals surface area contributed by atoms with Gasteiger partial charge in [-0.3, -0.25) is 0 Å². The lowest BCUT2D eigenvalue weighted by Gasteiger charge is -2.33. The van der Waals surface area contributed by atoms with Gasteiger partial charge in [0.05, 0.1) is 5.69 Å². The summed E-state index contributed by atoms with van der Waals surface area (Å²) in [4.78, 5) is 4.78. The monoisotopic (exact) mass is 289 g/mol. The highest BCUT2D eigenvalue weighted by Gasteiger charge is 2.26. The second-order valence-corrected chi connectivity index (χ2v) is 7.51. The van der Waals surface area contributed by atoms with Gasteiger partial charge in [0.2, 0.25) is 5.95 Å². The fourth-order valence-electron chi connectivity index (χ4n) is 4.12. The molecule has 118 valence electrons. The van der Waals surface area contributed by atoms with Crippen molar-refractivity contribution in [1.82, 2.24) is 9.55 Å². The fourth-order valence-corrected chi connectivity index (χ4v) is 4.12. The maximum atomic E-state index is 4.78. The molecular weight excluding hydrogens is 258 g/mol. The van der Waals surface area contributed by atoms with E-state index < -0.39 is 0 Å². The Morgan fingerprint density at radius 2 is 1.81 bits per heavy atom. The van der Waals surface area contributed by atoms with Crippen LogP contribution in [0.25, 0.3) is 0 Å². The Labute approximate surface area is 129 Å². The summed E-state index contributed by atoms with van der Waals surface area (Å²) in [6, 6.07) is 1.28. The van der Waals surface area contributed by atoms with Crippen molar-refractivity contribution in [3.63, 3.8) is 0 Å². The van der Waals surface area contributed by atoms with Gasteiger partial charge in [-0.05, 0) is 50.9 Å². The van der Waals surface area contributed by atoms with E-state index in [2.05, 4.69) is 36.9 Å². The van der Waals surface area contributed by atoms with Crippen LogP contribution >= 0.6 is 0 Å². The number of rotatable bonds is 3. The third kappa shape index (κ3) is 3.44. The molecule has 2 saturated carbocycles. The van der Waals surface area contributed by atoms with Crippen molar-refractivity contribution in [2.75, 3.05) is 5.32 Å². The number of imidazole rings is 1. The molecule has 0 saturated heterocycles. The minimum atomic E-state index is 0.611. The van der Waals surface area contributed by atoms with Crippen LogP contribution in [0.3, 0.4) is 0 Å². The third-order valence-corrected chi connectivity index (χ3v) is 5.75. The zero-order valence-corrected chi connectivity index (χ0v) is 13.9. The molecule has 2 aliphatic carbocycles. The van der Waals surface area contributed by atoms with Crippen LogP contribution in [-0.2, 0) is 0 Å². The normalized spacial score (nSPS) is 31.3. The minimum absolute atomic E-state index is 0.611. The molecule has 3 atom stereocenters. The molecule has 2 aliphatic rings. The first-order valence-corrected chi connectivity index (χ1v) is 8.95. The standard InChI is InChI=1S/C18H31N3/c1-13-9-10-16(11-14(13)2)20-18-19-15(3)12-21(18)17-7-5-4-6-8-17/h12-14,16-17H,4-11H2,1-3H3,(H,19,20). The highest BCUT2D eigenvalue weighted by Crippen LogP contribution is 2.34. The Bertz CT molecular complexity index is 459. The summed E-state index contributed by atoms with van der Waals surface area (Å²) in [7, 11) is 0. The number of nitrogens with one attached hydrogen (secondary N) is 1. The number of aryl methyl sites for hydroxylation is 1. The molecule has 3 nitrogen and oxygen atoms in total. The van der Waals surface area contributed by atoms with Gasteiger partial charge in [0.15, 0.2) is 0 Å². The maximum Gasteiger partial charge on any atom is 0.203 e. The SMILES string of the molecule is Cc1cn(C2CCCCC2)c(NC2CCC(C)C(C)C2)n1. The summed E-state index contributed by atoms with van der Waals surface area (Å²) in [5.41, 5.74) is 1.15. The topological polar surface area (TPSA) is 29.9 Å². The number of anilines is 1. The van der Waals surface area contributed by atoms with Gasteiger partial charge < -0.3 is 9.88 Å². The lowest BCUT2D eigenvalue weighted by atomic mass is 9.79. The van der Waals surface area contributed by atoms with Crippen LogP contribution < -0.4 is 5.32 Å². The highest BCUT2D eigenvalue weighted by atomic mass is 15.2. The van der Waals surface area contributed by atoms with Crippen molar-refractivity contribution in [2.45, 2.75) is 84.2 Å². The Balaban J connectivity index is 1.70. The maximum absolute atomic E-state index is 4.78. The lowest BCUT2D eigenvalue weighted by Crippen LogP contribution is -2.31. The van der Waals surface area contributed by atoms with Crippen molar-refractivity contribution in [2.24, 2.45) is 11.8 Å². The molecule has 0 bridgehead atoms. The van der Waals surface area contributed by atoms with E-state index in [-0.39, 0.29) is 0 Å². The first kappa shape index (κ1) is 14.9. The van der Waals surface area contributed by atoms with Gasteiger partial charge in [0.1, 0.15) is 0 Å². The number of hydrogen-bond acceptors (Lipinski definition) is 2.